The van der Waals surface area contributed by atoms with E-state index in [9.17, 15) is 0 Å². The van der Waals surface area contributed by atoms with Gasteiger partial charge < -0.3 is 10.1 Å². The van der Waals surface area contributed by atoms with Crippen LogP contribution in [0.2, 0.25) is 0 Å². The van der Waals surface area contributed by atoms with Gasteiger partial charge in [0.1, 0.15) is 5.69 Å². The third-order valence-corrected chi connectivity index (χ3v) is 4.73. The number of nitrogens with one attached hydrogen (secondary N) is 1. The molecule has 0 spiro atoms. The summed E-state index contributed by atoms with van der Waals surface area (Å²) in [6.07, 6.45) is 0.969. The van der Waals surface area contributed by atoms with Crippen molar-refractivity contribution in [2.24, 2.45) is 0 Å². The van der Waals surface area contributed by atoms with E-state index in [1.807, 2.05) is 47.4 Å². The van der Waals surface area contributed by atoms with Crippen molar-refractivity contribution >= 4 is 16.5 Å². The first-order valence-electron chi connectivity index (χ1n) is 7.59. The van der Waals surface area contributed by atoms with Crippen molar-refractivity contribution in [1.29, 1.82) is 0 Å². The Morgan fingerprint density at radius 3 is 2.83 bits per heavy atom. The fourth-order valence-corrected chi connectivity index (χ4v) is 3.30. The highest BCUT2D eigenvalue weighted by Crippen LogP contribution is 2.29. The lowest BCUT2D eigenvalue weighted by Crippen LogP contribution is -2.02. The Kier molecular flexibility index (Phi) is 3.80. The molecule has 1 atom stereocenters. The Morgan fingerprint density at radius 2 is 2.13 bits per heavy atom. The second kappa shape index (κ2) is 6.10. The molecule has 3 heterocycles. The first kappa shape index (κ1) is 14.3. The van der Waals surface area contributed by atoms with Crippen molar-refractivity contribution in [3.05, 3.63) is 41.5 Å². The number of thiazole rings is 1. The number of aromatic nitrogens is 4. The van der Waals surface area contributed by atoms with Crippen molar-refractivity contribution in [1.82, 2.24) is 19.7 Å². The van der Waals surface area contributed by atoms with Crippen LogP contribution in [-0.4, -0.2) is 40.0 Å². The minimum atomic E-state index is 0.265. The Hall–Kier alpha value is -2.25. The van der Waals surface area contributed by atoms with Gasteiger partial charge in [0, 0.05) is 25.0 Å². The second-order valence-corrected chi connectivity index (χ2v) is 6.25. The van der Waals surface area contributed by atoms with E-state index < -0.39 is 0 Å². The van der Waals surface area contributed by atoms with E-state index in [0.29, 0.717) is 6.61 Å². The van der Waals surface area contributed by atoms with Crippen LogP contribution in [0.5, 0.6) is 0 Å². The summed E-state index contributed by atoms with van der Waals surface area (Å²) in [5.74, 6) is 1.87. The summed E-state index contributed by atoms with van der Waals surface area (Å²) in [5, 5.41) is 10.7. The van der Waals surface area contributed by atoms with Crippen molar-refractivity contribution in [3.63, 3.8) is 0 Å². The molecule has 4 rings (SSSR count). The van der Waals surface area contributed by atoms with Crippen LogP contribution in [0.15, 0.2) is 35.7 Å². The summed E-state index contributed by atoms with van der Waals surface area (Å²) in [7, 11) is 1.87. The molecular weight excluding hydrogens is 310 g/mol. The van der Waals surface area contributed by atoms with Crippen LogP contribution >= 0.6 is 11.3 Å². The molecule has 0 unspecified atom stereocenters. The fraction of sp³-hybridized carbons (Fsp3) is 0.312. The first-order valence-corrected chi connectivity index (χ1v) is 8.47. The number of benzene rings is 1. The number of rotatable bonds is 4. The lowest BCUT2D eigenvalue weighted by Gasteiger charge is -2.03. The van der Waals surface area contributed by atoms with Gasteiger partial charge in [0.15, 0.2) is 16.8 Å². The van der Waals surface area contributed by atoms with Crippen LogP contribution in [-0.2, 0) is 4.74 Å². The maximum absolute atomic E-state index is 5.48. The summed E-state index contributed by atoms with van der Waals surface area (Å²) in [6.45, 7) is 1.47. The number of para-hydroxylation sites is 1. The normalized spacial score (nSPS) is 17.5. The monoisotopic (exact) mass is 327 g/mol. The van der Waals surface area contributed by atoms with Gasteiger partial charge in [-0.05, 0) is 18.6 Å². The molecule has 7 heteroatoms. The Bertz CT molecular complexity index is 792. The van der Waals surface area contributed by atoms with E-state index in [1.165, 1.54) is 0 Å². The topological polar surface area (TPSA) is 64.9 Å². The van der Waals surface area contributed by atoms with Crippen LogP contribution in [0.4, 0.5) is 5.13 Å². The largest absolute Gasteiger partial charge is 0.381 e. The van der Waals surface area contributed by atoms with Crippen molar-refractivity contribution < 1.29 is 4.74 Å². The summed E-state index contributed by atoms with van der Waals surface area (Å²) in [6, 6.07) is 10.0. The molecular formula is C16H17N5OS. The van der Waals surface area contributed by atoms with Gasteiger partial charge in [0.05, 0.1) is 12.3 Å². The van der Waals surface area contributed by atoms with E-state index in [-0.39, 0.29) is 5.92 Å². The zero-order chi connectivity index (χ0) is 15.6. The predicted molar refractivity (Wildman–Crippen MR) is 90.2 cm³/mol. The van der Waals surface area contributed by atoms with E-state index in [2.05, 4.69) is 10.3 Å². The van der Waals surface area contributed by atoms with E-state index in [0.717, 1.165) is 41.2 Å². The van der Waals surface area contributed by atoms with Gasteiger partial charge in [-0.2, -0.15) is 5.10 Å². The molecule has 118 valence electrons. The van der Waals surface area contributed by atoms with Gasteiger partial charge in [0.25, 0.3) is 0 Å². The van der Waals surface area contributed by atoms with E-state index in [4.69, 9.17) is 14.8 Å². The van der Waals surface area contributed by atoms with Gasteiger partial charge in [-0.15, -0.1) is 11.3 Å². The average Bonchev–Trinajstić information content (AvgIpc) is 3.33. The molecule has 0 amide bonds. The molecule has 0 bridgehead atoms. The average molecular weight is 327 g/mol. The third-order valence-electron chi connectivity index (χ3n) is 3.87. The van der Waals surface area contributed by atoms with Crippen LogP contribution < -0.4 is 5.32 Å². The van der Waals surface area contributed by atoms with Crippen LogP contribution in [0, 0.1) is 0 Å². The molecule has 1 fully saturated rings. The molecule has 1 N–H and O–H groups in total. The van der Waals surface area contributed by atoms with Crippen molar-refractivity contribution in [3.8, 4) is 17.2 Å². The lowest BCUT2D eigenvalue weighted by molar-refractivity contribution is 0.193. The maximum atomic E-state index is 5.48. The summed E-state index contributed by atoms with van der Waals surface area (Å²) >= 11 is 1.56. The second-order valence-electron chi connectivity index (χ2n) is 5.39. The van der Waals surface area contributed by atoms with E-state index >= 15 is 0 Å². The Balaban J connectivity index is 1.81. The summed E-state index contributed by atoms with van der Waals surface area (Å²) in [5.41, 5.74) is 1.82. The minimum absolute atomic E-state index is 0.265. The van der Waals surface area contributed by atoms with Crippen LogP contribution in [0.3, 0.4) is 0 Å². The van der Waals surface area contributed by atoms with Gasteiger partial charge in [0.2, 0.25) is 0 Å². The van der Waals surface area contributed by atoms with Crippen molar-refractivity contribution in [2.75, 3.05) is 25.6 Å². The molecule has 6 nitrogen and oxygen atoms in total. The first-order chi connectivity index (χ1) is 11.3. The minimum Gasteiger partial charge on any atom is -0.381 e. The third kappa shape index (κ3) is 2.73. The van der Waals surface area contributed by atoms with Gasteiger partial charge >= 0.3 is 0 Å². The molecule has 3 aromatic rings. The molecule has 0 saturated carbocycles. The number of anilines is 1. The Morgan fingerprint density at radius 1 is 1.26 bits per heavy atom. The lowest BCUT2D eigenvalue weighted by atomic mass is 10.1. The Labute approximate surface area is 138 Å². The molecule has 0 aliphatic carbocycles. The molecule has 2 aromatic heterocycles. The molecule has 1 aliphatic heterocycles. The number of hydrogen-bond acceptors (Lipinski definition) is 6. The highest BCUT2D eigenvalue weighted by molar-refractivity contribution is 7.14. The zero-order valence-electron chi connectivity index (χ0n) is 12.8. The van der Waals surface area contributed by atoms with Gasteiger partial charge in [-0.1, -0.05) is 18.2 Å². The summed E-state index contributed by atoms with van der Waals surface area (Å²) < 4.78 is 7.36. The highest BCUT2D eigenvalue weighted by Gasteiger charge is 2.25. The molecule has 1 aromatic carbocycles. The van der Waals surface area contributed by atoms with Crippen molar-refractivity contribution in [2.45, 2.75) is 12.3 Å². The zero-order valence-corrected chi connectivity index (χ0v) is 13.6. The quantitative estimate of drug-likeness (QED) is 0.798. The molecule has 23 heavy (non-hydrogen) atoms. The van der Waals surface area contributed by atoms with Gasteiger partial charge in [-0.25, -0.2) is 14.6 Å². The molecule has 1 saturated heterocycles. The highest BCUT2D eigenvalue weighted by atomic mass is 32.1. The smallest absolute Gasteiger partial charge is 0.183 e. The van der Waals surface area contributed by atoms with Crippen LogP contribution in [0.25, 0.3) is 17.2 Å². The SMILES string of the molecule is CNc1nc(-c2nc([C@@H]3CCOC3)nn2-c2ccccc2)cs1. The fourth-order valence-electron chi connectivity index (χ4n) is 2.65. The standard InChI is InChI=1S/C16H17N5OS/c1-17-16-18-13(10-23-16)15-19-14(11-7-8-22-9-11)20-21(15)12-5-3-2-4-6-12/h2-6,10-11H,7-9H2,1H3,(H,17,18)/t11-/m1/s1. The van der Waals surface area contributed by atoms with Gasteiger partial charge in [-0.3, -0.25) is 0 Å². The molecule has 1 aliphatic rings. The van der Waals surface area contributed by atoms with Crippen LogP contribution in [0.1, 0.15) is 18.2 Å². The van der Waals surface area contributed by atoms with E-state index in [1.54, 1.807) is 11.3 Å². The predicted octanol–water partition coefficient (Wildman–Crippen LogP) is 2.94. The molecule has 0 radical (unpaired) electrons. The maximum Gasteiger partial charge on any atom is 0.183 e. The number of nitrogens with zero attached hydrogens (tertiary/aromatic N) is 4. The number of ether oxygens (including phenoxy) is 1. The number of hydrogen-bond donors (Lipinski definition) is 1. The summed E-state index contributed by atoms with van der Waals surface area (Å²) in [4.78, 5) is 9.35.